The van der Waals surface area contributed by atoms with E-state index in [4.69, 9.17) is 4.74 Å². The van der Waals surface area contributed by atoms with E-state index >= 15 is 0 Å². The summed E-state index contributed by atoms with van der Waals surface area (Å²) < 4.78 is 35.1. The van der Waals surface area contributed by atoms with Gasteiger partial charge in [0.25, 0.3) is 0 Å². The molecule has 0 unspecified atom stereocenters. The topological polar surface area (TPSA) is 135 Å². The van der Waals surface area contributed by atoms with Gasteiger partial charge in [-0.25, -0.2) is 23.5 Å². The van der Waals surface area contributed by atoms with E-state index in [9.17, 15) is 23.9 Å². The van der Waals surface area contributed by atoms with Gasteiger partial charge in [0.05, 0.1) is 36.7 Å². The second-order valence-corrected chi connectivity index (χ2v) is 8.76. The number of aromatic nitrogens is 2. The summed E-state index contributed by atoms with van der Waals surface area (Å²) in [6.07, 6.45) is 0.553. The zero-order valence-corrected chi connectivity index (χ0v) is 20.6. The number of halogens is 2. The van der Waals surface area contributed by atoms with Crippen molar-refractivity contribution < 1.29 is 23.4 Å². The zero-order chi connectivity index (χ0) is 27.1. The van der Waals surface area contributed by atoms with Crippen LogP contribution in [0.4, 0.5) is 36.7 Å². The fourth-order valence-corrected chi connectivity index (χ4v) is 4.11. The highest BCUT2D eigenvalue weighted by Crippen LogP contribution is 2.27. The summed E-state index contributed by atoms with van der Waals surface area (Å²) in [6.45, 7) is 3.65. The molecule has 2 atom stereocenters. The van der Waals surface area contributed by atoms with Crippen molar-refractivity contribution in [2.45, 2.75) is 25.4 Å². The number of carbonyl (C=O) groups is 1. The van der Waals surface area contributed by atoms with E-state index in [1.54, 1.807) is 11.8 Å². The molecule has 3 aromatic rings. The van der Waals surface area contributed by atoms with Crippen LogP contribution in [-0.4, -0.2) is 59.6 Å². The normalized spacial score (nSPS) is 14.7. The highest BCUT2D eigenvalue weighted by Gasteiger charge is 2.23. The fourth-order valence-electron chi connectivity index (χ4n) is 4.11. The third kappa shape index (κ3) is 6.63. The lowest BCUT2D eigenvalue weighted by Crippen LogP contribution is -2.45. The standard InChI is InChI=1S/C26H27F2N7O3/c1-16(31-26(36)37)22(11-17-5-3-2-4-6-17)33-24-20(27)12-18(14-29)23(34-24)32-19-13-21(28)25(30-15-19)35-7-9-38-10-8-35/h2-6,12-13,15-16,22,31H,7-11H2,1H3,(H,36,37)(H2,32,33,34)/t16-,22-/m0/s1. The fraction of sp³-hybridized carbons (Fsp3) is 0.308. The predicted molar refractivity (Wildman–Crippen MR) is 138 cm³/mol. The number of carboxylic acid groups (broad SMARTS) is 1. The Bertz CT molecular complexity index is 1310. The molecule has 0 saturated carbocycles. The van der Waals surface area contributed by atoms with Crippen LogP contribution in [0, 0.1) is 23.0 Å². The average Bonchev–Trinajstić information content (AvgIpc) is 2.90. The van der Waals surface area contributed by atoms with Crippen LogP contribution in [0.25, 0.3) is 0 Å². The van der Waals surface area contributed by atoms with E-state index in [0.717, 1.165) is 11.6 Å². The monoisotopic (exact) mass is 523 g/mol. The van der Waals surface area contributed by atoms with Crippen LogP contribution in [0.1, 0.15) is 18.1 Å². The van der Waals surface area contributed by atoms with Gasteiger partial charge in [-0.1, -0.05) is 30.3 Å². The number of hydrogen-bond donors (Lipinski definition) is 4. The molecule has 4 rings (SSSR count). The molecule has 2 aromatic heterocycles. The molecule has 0 spiro atoms. The van der Waals surface area contributed by atoms with Crippen molar-refractivity contribution in [1.82, 2.24) is 15.3 Å². The third-order valence-electron chi connectivity index (χ3n) is 6.07. The molecule has 1 aliphatic heterocycles. The minimum atomic E-state index is -1.22. The van der Waals surface area contributed by atoms with Gasteiger partial charge in [0.15, 0.2) is 29.1 Å². The number of hydrogen-bond acceptors (Lipinski definition) is 8. The number of amides is 1. The molecular weight excluding hydrogens is 496 g/mol. The zero-order valence-electron chi connectivity index (χ0n) is 20.6. The van der Waals surface area contributed by atoms with E-state index < -0.39 is 29.8 Å². The molecule has 0 bridgehead atoms. The predicted octanol–water partition coefficient (Wildman–Crippen LogP) is 3.89. The minimum absolute atomic E-state index is 0.00553. The van der Waals surface area contributed by atoms with Crippen molar-refractivity contribution >= 4 is 29.2 Å². The maximum Gasteiger partial charge on any atom is 0.404 e. The molecule has 4 N–H and O–H groups in total. The van der Waals surface area contributed by atoms with Crippen molar-refractivity contribution in [2.24, 2.45) is 0 Å². The number of morpholine rings is 1. The Balaban J connectivity index is 1.59. The van der Waals surface area contributed by atoms with Gasteiger partial charge in [-0.3, -0.25) is 0 Å². The van der Waals surface area contributed by atoms with E-state index in [0.29, 0.717) is 32.7 Å². The Hall–Kier alpha value is -4.50. The molecule has 1 aliphatic rings. The van der Waals surface area contributed by atoms with Gasteiger partial charge in [-0.15, -0.1) is 0 Å². The molecule has 0 aliphatic carbocycles. The number of benzene rings is 1. The van der Waals surface area contributed by atoms with Gasteiger partial charge in [-0.2, -0.15) is 5.26 Å². The Morgan fingerprint density at radius 2 is 1.92 bits per heavy atom. The van der Waals surface area contributed by atoms with E-state index in [1.165, 1.54) is 12.3 Å². The molecule has 1 fully saturated rings. The van der Waals surface area contributed by atoms with Crippen LogP contribution >= 0.6 is 0 Å². The first kappa shape index (κ1) is 26.6. The molecule has 1 saturated heterocycles. The Morgan fingerprint density at radius 3 is 2.58 bits per heavy atom. The first-order valence-electron chi connectivity index (χ1n) is 12.0. The third-order valence-corrected chi connectivity index (χ3v) is 6.07. The van der Waals surface area contributed by atoms with Gasteiger partial charge in [0, 0.05) is 25.2 Å². The number of ether oxygens (including phenoxy) is 1. The Labute approximate surface area is 218 Å². The van der Waals surface area contributed by atoms with E-state index in [-0.39, 0.29) is 28.7 Å². The van der Waals surface area contributed by atoms with E-state index in [2.05, 4.69) is 25.9 Å². The first-order valence-corrected chi connectivity index (χ1v) is 12.0. The molecule has 1 amide bonds. The SMILES string of the molecule is C[C@H](NC(=O)O)[C@H](Cc1ccccc1)Nc1nc(Nc2cnc(N3CCOCC3)c(F)c2)c(C#N)cc1F. The summed E-state index contributed by atoms with van der Waals surface area (Å²) >= 11 is 0. The van der Waals surface area contributed by atoms with Crippen molar-refractivity contribution in [2.75, 3.05) is 41.8 Å². The summed E-state index contributed by atoms with van der Waals surface area (Å²) in [6, 6.07) is 12.2. The second kappa shape index (κ2) is 12.2. The van der Waals surface area contributed by atoms with Crippen molar-refractivity contribution in [3.05, 3.63) is 71.4 Å². The first-order chi connectivity index (χ1) is 18.3. The number of pyridine rings is 2. The van der Waals surface area contributed by atoms with Crippen LogP contribution in [0.2, 0.25) is 0 Å². The van der Waals surface area contributed by atoms with Gasteiger partial charge >= 0.3 is 6.09 Å². The molecule has 10 nitrogen and oxygen atoms in total. The van der Waals surface area contributed by atoms with Crippen molar-refractivity contribution in [3.8, 4) is 6.07 Å². The summed E-state index contributed by atoms with van der Waals surface area (Å²) in [5.74, 6) is -1.36. The molecule has 12 heteroatoms. The quantitative estimate of drug-likeness (QED) is 0.329. The molecule has 1 aromatic carbocycles. The van der Waals surface area contributed by atoms with Gasteiger partial charge < -0.3 is 30.7 Å². The minimum Gasteiger partial charge on any atom is -0.465 e. The van der Waals surface area contributed by atoms with Crippen LogP contribution < -0.4 is 20.9 Å². The largest absolute Gasteiger partial charge is 0.465 e. The lowest BCUT2D eigenvalue weighted by molar-refractivity contribution is 0.122. The number of nitrogens with zero attached hydrogens (tertiary/aromatic N) is 4. The van der Waals surface area contributed by atoms with Crippen molar-refractivity contribution in [1.29, 1.82) is 5.26 Å². The average molecular weight is 524 g/mol. The smallest absolute Gasteiger partial charge is 0.404 e. The number of nitrogens with one attached hydrogen (secondary N) is 3. The summed E-state index contributed by atoms with van der Waals surface area (Å²) in [5, 5.41) is 27.0. The van der Waals surface area contributed by atoms with Gasteiger partial charge in [0.1, 0.15) is 6.07 Å². The van der Waals surface area contributed by atoms with Gasteiger partial charge in [-0.05, 0) is 25.0 Å². The second-order valence-electron chi connectivity index (χ2n) is 8.76. The van der Waals surface area contributed by atoms with Crippen LogP contribution in [0.5, 0.6) is 0 Å². The number of rotatable bonds is 9. The summed E-state index contributed by atoms with van der Waals surface area (Å²) in [4.78, 5) is 21.5. The van der Waals surface area contributed by atoms with E-state index in [1.807, 2.05) is 36.4 Å². The van der Waals surface area contributed by atoms with Crippen LogP contribution in [0.15, 0.2) is 48.7 Å². The lowest BCUT2D eigenvalue weighted by Gasteiger charge is -2.28. The summed E-state index contributed by atoms with van der Waals surface area (Å²) in [7, 11) is 0. The van der Waals surface area contributed by atoms with Crippen molar-refractivity contribution in [3.63, 3.8) is 0 Å². The number of anilines is 4. The van der Waals surface area contributed by atoms with Gasteiger partial charge in [0.2, 0.25) is 0 Å². The highest BCUT2D eigenvalue weighted by atomic mass is 19.1. The van der Waals surface area contributed by atoms with Crippen LogP contribution in [-0.2, 0) is 11.2 Å². The molecule has 38 heavy (non-hydrogen) atoms. The molecule has 0 radical (unpaired) electrons. The lowest BCUT2D eigenvalue weighted by atomic mass is 10.0. The highest BCUT2D eigenvalue weighted by molar-refractivity contribution is 5.67. The maximum absolute atomic E-state index is 15.0. The summed E-state index contributed by atoms with van der Waals surface area (Å²) in [5.41, 5.74) is 1.03. The Morgan fingerprint density at radius 1 is 1.18 bits per heavy atom. The molecule has 3 heterocycles. The molecular formula is C26H27F2N7O3. The maximum atomic E-state index is 15.0. The van der Waals surface area contributed by atoms with Crippen LogP contribution in [0.3, 0.4) is 0 Å². The molecule has 198 valence electrons. The Kier molecular flexibility index (Phi) is 8.50. The number of nitriles is 1.